The molecule has 3 aromatic rings. The summed E-state index contributed by atoms with van der Waals surface area (Å²) in [6.45, 7) is 4.67. The SMILES string of the molecule is CC(C)Oc1nc(C(=O)Nc2cc(F)ccc2N2CCC(NS(N)(=O)=O)CC2)cn2ccnc12.Cl. The van der Waals surface area contributed by atoms with Crippen molar-refractivity contribution in [3.63, 3.8) is 0 Å². The number of fused-ring (bicyclic) bond motifs is 1. The van der Waals surface area contributed by atoms with Crippen LogP contribution in [0.2, 0.25) is 0 Å². The lowest BCUT2D eigenvalue weighted by Gasteiger charge is -2.34. The van der Waals surface area contributed by atoms with Crippen molar-refractivity contribution >= 4 is 45.5 Å². The van der Waals surface area contributed by atoms with Crippen LogP contribution in [0.5, 0.6) is 5.88 Å². The number of hydrogen-bond acceptors (Lipinski definition) is 7. The Morgan fingerprint density at radius 3 is 2.66 bits per heavy atom. The fourth-order valence-corrected chi connectivity index (χ4v) is 4.56. The van der Waals surface area contributed by atoms with Gasteiger partial charge in [-0.05, 0) is 44.9 Å². The van der Waals surface area contributed by atoms with Crippen LogP contribution in [0.25, 0.3) is 5.65 Å². The summed E-state index contributed by atoms with van der Waals surface area (Å²) in [5.74, 6) is -0.829. The van der Waals surface area contributed by atoms with E-state index >= 15 is 0 Å². The van der Waals surface area contributed by atoms with Crippen LogP contribution in [-0.2, 0) is 10.2 Å². The van der Waals surface area contributed by atoms with Crippen molar-refractivity contribution in [2.45, 2.75) is 38.8 Å². The van der Waals surface area contributed by atoms with E-state index in [2.05, 4.69) is 20.0 Å². The topological polar surface area (TPSA) is 144 Å². The molecule has 35 heavy (non-hydrogen) atoms. The number of nitrogens with one attached hydrogen (secondary N) is 2. The number of aromatic nitrogens is 3. The van der Waals surface area contributed by atoms with Crippen molar-refractivity contribution in [2.75, 3.05) is 23.3 Å². The molecule has 1 aromatic carbocycles. The maximum absolute atomic E-state index is 14.1. The molecule has 0 bridgehead atoms. The number of nitrogens with zero attached hydrogens (tertiary/aromatic N) is 4. The molecule has 0 spiro atoms. The van der Waals surface area contributed by atoms with Gasteiger partial charge in [0.1, 0.15) is 11.5 Å². The summed E-state index contributed by atoms with van der Waals surface area (Å²) in [7, 11) is -3.79. The Balaban J connectivity index is 0.00000342. The first-order valence-corrected chi connectivity index (χ1v) is 12.3. The van der Waals surface area contributed by atoms with E-state index in [1.807, 2.05) is 18.7 Å². The van der Waals surface area contributed by atoms with Gasteiger partial charge in [-0.25, -0.2) is 19.5 Å². The summed E-state index contributed by atoms with van der Waals surface area (Å²) < 4.78 is 46.4. The summed E-state index contributed by atoms with van der Waals surface area (Å²) >= 11 is 0. The molecule has 2 aromatic heterocycles. The number of benzene rings is 1. The number of rotatable bonds is 7. The number of imidazole rings is 1. The fourth-order valence-electron chi connectivity index (χ4n) is 3.86. The Hall–Kier alpha value is -3.00. The van der Waals surface area contributed by atoms with Crippen LogP contribution in [0.4, 0.5) is 15.8 Å². The molecule has 1 saturated heterocycles. The summed E-state index contributed by atoms with van der Waals surface area (Å²) in [6.07, 6.45) is 5.62. The Morgan fingerprint density at radius 2 is 2.00 bits per heavy atom. The quantitative estimate of drug-likeness (QED) is 0.426. The lowest BCUT2D eigenvalue weighted by Crippen LogP contribution is -2.46. The minimum atomic E-state index is -3.79. The van der Waals surface area contributed by atoms with Gasteiger partial charge >= 0.3 is 0 Å². The minimum Gasteiger partial charge on any atom is -0.472 e. The van der Waals surface area contributed by atoms with E-state index < -0.39 is 21.9 Å². The van der Waals surface area contributed by atoms with E-state index in [0.717, 1.165) is 0 Å². The maximum atomic E-state index is 14.1. The van der Waals surface area contributed by atoms with Gasteiger partial charge in [0.15, 0.2) is 0 Å². The monoisotopic (exact) mass is 527 g/mol. The molecule has 190 valence electrons. The molecule has 0 saturated carbocycles. The Morgan fingerprint density at radius 1 is 1.29 bits per heavy atom. The van der Waals surface area contributed by atoms with E-state index in [9.17, 15) is 17.6 Å². The molecular formula is C21H27ClFN7O4S. The van der Waals surface area contributed by atoms with Gasteiger partial charge in [-0.1, -0.05) is 0 Å². The van der Waals surface area contributed by atoms with Crippen molar-refractivity contribution in [3.05, 3.63) is 48.3 Å². The Labute approximate surface area is 208 Å². The van der Waals surface area contributed by atoms with Crippen LogP contribution in [-0.4, -0.2) is 53.9 Å². The zero-order chi connectivity index (χ0) is 24.5. The molecule has 0 radical (unpaired) electrons. The number of carbonyl (C=O) groups excluding carboxylic acids is 1. The summed E-state index contributed by atoms with van der Waals surface area (Å²) in [5, 5.41) is 7.81. The number of amides is 1. The number of carbonyl (C=O) groups is 1. The Kier molecular flexibility index (Phi) is 8.15. The number of nitrogens with two attached hydrogens (primary N) is 1. The predicted molar refractivity (Wildman–Crippen MR) is 132 cm³/mol. The molecule has 1 fully saturated rings. The highest BCUT2D eigenvalue weighted by Gasteiger charge is 2.24. The number of hydrogen-bond donors (Lipinski definition) is 3. The molecular weight excluding hydrogens is 501 g/mol. The van der Waals surface area contributed by atoms with Gasteiger partial charge in [0.25, 0.3) is 22.0 Å². The first-order valence-electron chi connectivity index (χ1n) is 10.8. The normalized spacial score (nSPS) is 14.7. The lowest BCUT2D eigenvalue weighted by molar-refractivity contribution is 0.102. The van der Waals surface area contributed by atoms with E-state index in [4.69, 9.17) is 9.88 Å². The molecule has 1 aliphatic heterocycles. The molecule has 1 amide bonds. The van der Waals surface area contributed by atoms with Gasteiger partial charge in [-0.2, -0.15) is 13.1 Å². The van der Waals surface area contributed by atoms with Crippen molar-refractivity contribution in [3.8, 4) is 5.88 Å². The molecule has 4 N–H and O–H groups in total. The van der Waals surface area contributed by atoms with E-state index in [1.165, 1.54) is 18.3 Å². The molecule has 0 aliphatic carbocycles. The van der Waals surface area contributed by atoms with Gasteiger partial charge in [-0.3, -0.25) is 4.79 Å². The highest BCUT2D eigenvalue weighted by atomic mass is 35.5. The zero-order valence-corrected chi connectivity index (χ0v) is 20.8. The summed E-state index contributed by atoms with van der Waals surface area (Å²) in [4.78, 5) is 23.6. The van der Waals surface area contributed by atoms with Gasteiger partial charge in [0, 0.05) is 37.7 Å². The highest BCUT2D eigenvalue weighted by molar-refractivity contribution is 7.87. The molecule has 1 aliphatic rings. The van der Waals surface area contributed by atoms with Crippen molar-refractivity contribution < 1.29 is 22.3 Å². The largest absolute Gasteiger partial charge is 0.472 e. The fraction of sp³-hybridized carbons (Fsp3) is 0.381. The van der Waals surface area contributed by atoms with E-state index in [1.54, 1.807) is 22.9 Å². The van der Waals surface area contributed by atoms with Gasteiger partial charge in [0.05, 0.1) is 17.5 Å². The van der Waals surface area contributed by atoms with Crippen molar-refractivity contribution in [2.24, 2.45) is 5.14 Å². The first-order chi connectivity index (χ1) is 16.1. The van der Waals surface area contributed by atoms with E-state index in [0.29, 0.717) is 37.3 Å². The van der Waals surface area contributed by atoms with Gasteiger partial charge < -0.3 is 19.4 Å². The molecule has 0 unspecified atom stereocenters. The van der Waals surface area contributed by atoms with Crippen molar-refractivity contribution in [1.82, 2.24) is 19.1 Å². The third-order valence-corrected chi connectivity index (χ3v) is 5.96. The second-order valence-corrected chi connectivity index (χ2v) is 9.62. The summed E-state index contributed by atoms with van der Waals surface area (Å²) in [6, 6.07) is 3.85. The van der Waals surface area contributed by atoms with Crippen LogP contribution >= 0.6 is 12.4 Å². The smallest absolute Gasteiger partial charge is 0.276 e. The predicted octanol–water partition coefficient (Wildman–Crippen LogP) is 2.09. The van der Waals surface area contributed by atoms with E-state index in [-0.39, 0.29) is 41.8 Å². The average molecular weight is 528 g/mol. The van der Waals surface area contributed by atoms with Crippen LogP contribution in [0.1, 0.15) is 37.2 Å². The second-order valence-electron chi connectivity index (χ2n) is 8.30. The van der Waals surface area contributed by atoms with Crippen LogP contribution in [0.15, 0.2) is 36.8 Å². The molecule has 4 rings (SSSR count). The number of ether oxygens (including phenoxy) is 1. The minimum absolute atomic E-state index is 0. The standard InChI is InChI=1S/C21H26FN7O4S.ClH/c1-13(2)33-21-19-24-7-10-29(19)12-17(26-21)20(30)25-16-11-14(22)3-4-18(16)28-8-5-15(6-9-28)27-34(23,31)32;/h3-4,7,10-13,15,27H,5-6,8-9H2,1-2H3,(H,25,30)(H2,23,31,32);1H. The van der Waals surface area contributed by atoms with Gasteiger partial charge in [-0.15, -0.1) is 12.4 Å². The average Bonchev–Trinajstić information content (AvgIpc) is 3.22. The van der Waals surface area contributed by atoms with Crippen molar-refractivity contribution in [1.29, 1.82) is 0 Å². The number of halogens is 2. The first kappa shape index (κ1) is 26.6. The van der Waals surface area contributed by atoms with Crippen LogP contribution in [0.3, 0.4) is 0 Å². The second kappa shape index (κ2) is 10.7. The third-order valence-electron chi connectivity index (χ3n) is 5.30. The molecule has 14 heteroatoms. The molecule has 11 nitrogen and oxygen atoms in total. The highest BCUT2D eigenvalue weighted by Crippen LogP contribution is 2.30. The lowest BCUT2D eigenvalue weighted by atomic mass is 10.0. The third kappa shape index (κ3) is 6.57. The molecule has 0 atom stereocenters. The van der Waals surface area contributed by atoms with Crippen LogP contribution in [0, 0.1) is 5.82 Å². The Bertz CT molecular complexity index is 1310. The number of piperidine rings is 1. The molecule has 3 heterocycles. The maximum Gasteiger partial charge on any atom is 0.276 e. The summed E-state index contributed by atoms with van der Waals surface area (Å²) in [5.41, 5.74) is 1.45. The number of anilines is 2. The zero-order valence-electron chi connectivity index (χ0n) is 19.1. The van der Waals surface area contributed by atoms with Gasteiger partial charge in [0.2, 0.25) is 5.65 Å². The van der Waals surface area contributed by atoms with Crippen LogP contribution < -0.4 is 24.8 Å².